The van der Waals surface area contributed by atoms with Crippen molar-refractivity contribution in [2.75, 3.05) is 31.4 Å². The number of rotatable bonds is 19. The van der Waals surface area contributed by atoms with Crippen LogP contribution in [-0.4, -0.2) is 121 Å². The SMILES string of the molecule is CCBr.CCO.CCOC(=O)c1c(CC)oc(CC)c1S(N)(=O)=O.CCOC(=O)c1cc(CC)oc1CC.CCc1cc(C(=O)O)c(CC)o1.CCc1ccc(CC)o1.CCc1oc(CC)c(S(N)(=O)=O)c1C(=O)O.CS(=O)(=O)Cl.Cl.F.F.F.F.FF.FF.FF.FF.FF.FF.O=C=O.[CH2-]CCC.[CH3][Al]([CH3])[Cl].[Li+].[Na+].[OH-].c1ccoc1. The molecule has 0 radical (unpaired) electrons. The second kappa shape index (κ2) is 110. The first-order valence-corrected chi connectivity index (χ1v) is 42.6. The fourth-order valence-electron chi connectivity index (χ4n) is 6.65. The molecule has 6 rings (SSSR count). The minimum Gasteiger partial charge on any atom is -0.870 e. The van der Waals surface area contributed by atoms with Gasteiger partial charge in [0.2, 0.25) is 29.1 Å². The summed E-state index contributed by atoms with van der Waals surface area (Å²) in [7, 11) is -1.39. The quantitative estimate of drug-likeness (QED) is 0.0126. The molecule has 0 aliphatic heterocycles. The monoisotopic (exact) mass is 1930 g/mol. The molecule has 8 N–H and O–H groups in total. The molecule has 52 heteroatoms. The average Bonchev–Trinajstić information content (AvgIpc) is 1.63. The van der Waals surface area contributed by atoms with Crippen LogP contribution in [0.4, 0.5) is 73.7 Å². The van der Waals surface area contributed by atoms with Gasteiger partial charge in [-0.05, 0) is 57.2 Å². The molecule has 116 heavy (non-hydrogen) atoms. The Morgan fingerprint density at radius 2 is 0.759 bits per heavy atom. The molecule has 0 atom stereocenters. The van der Waals surface area contributed by atoms with Crippen molar-refractivity contribution in [3.05, 3.63) is 136 Å². The number of unbranched alkanes of at least 4 members (excludes halogenated alkanes) is 1. The van der Waals surface area contributed by atoms with E-state index >= 15 is 0 Å². The van der Waals surface area contributed by atoms with Gasteiger partial charge in [0, 0.05) is 142 Å². The summed E-state index contributed by atoms with van der Waals surface area (Å²) in [4.78, 5) is 60.5. The normalized spacial score (nSPS) is 8.49. The molecule has 0 aliphatic carbocycles. The van der Waals surface area contributed by atoms with Crippen LogP contribution in [-0.2, 0) is 112 Å². The molecule has 0 amide bonds. The van der Waals surface area contributed by atoms with Crippen LogP contribution in [0.5, 0.6) is 0 Å². The summed E-state index contributed by atoms with van der Waals surface area (Å²) in [6, 6.07) is 11.1. The fourth-order valence-corrected chi connectivity index (χ4v) is 8.62. The molecule has 0 bridgehead atoms. The van der Waals surface area contributed by atoms with Crippen LogP contribution in [0, 0.1) is 6.92 Å². The number of nitrogens with two attached hydrogens (primary N) is 2. The number of carboxylic acid groups (broad SMARTS) is 2. The van der Waals surface area contributed by atoms with Crippen molar-refractivity contribution in [2.24, 2.45) is 10.3 Å². The summed E-state index contributed by atoms with van der Waals surface area (Å²) in [6.45, 7) is 32.5. The number of aromatic carboxylic acids is 2. The van der Waals surface area contributed by atoms with E-state index in [1.54, 1.807) is 73.1 Å². The van der Waals surface area contributed by atoms with Gasteiger partial charge in [-0.3, -0.25) is 28.9 Å². The number of aryl methyl sites for hydroxylation is 10. The van der Waals surface area contributed by atoms with Crippen LogP contribution >= 0.6 is 49.1 Å². The number of ether oxygens (including phenoxy) is 2. The van der Waals surface area contributed by atoms with E-state index in [4.69, 9.17) is 132 Å². The first kappa shape index (κ1) is 162. The predicted octanol–water partition coefficient (Wildman–Crippen LogP) is 14.3. The first-order valence-electron chi connectivity index (χ1n) is 31.6. The Morgan fingerprint density at radius 1 is 0.517 bits per heavy atom. The van der Waals surface area contributed by atoms with Gasteiger partial charge in [0.05, 0.1) is 32.0 Å². The zero-order valence-electron chi connectivity index (χ0n) is 67.8. The third-order valence-corrected chi connectivity index (χ3v) is 12.5. The van der Waals surface area contributed by atoms with E-state index < -0.39 is 65.1 Å². The number of esters is 2. The van der Waals surface area contributed by atoms with Crippen molar-refractivity contribution in [1.29, 1.82) is 0 Å². The smallest absolute Gasteiger partial charge is 0.870 e. The van der Waals surface area contributed by atoms with Crippen LogP contribution < -0.4 is 58.7 Å². The minimum absolute atomic E-state index is 0. The number of primary sulfonamides is 2. The molecule has 0 fully saturated rings. The standard InChI is InChI=1S/C11H17NO5S.C11H16O3.C9H13NO5S.C9H12O3.C8H12O.C4H4O.C4H9.C2H5Br.C2H6O.CH3ClO2S.CO2.2CH3.Al.2ClH.6F2.4FH.Li.Na.H2O/c1-4-7-9(11(13)16-6-3)10(18(12,14)15)8(5-2)17-7;1-4-8-7-9(10(5-2)14-8)11(12)13-6-3;1-3-5-7(9(11)12)8(16(10,13)14)6(4-2)15-5;1-3-6-5-7(9(10)11)8(4-2)12-6;1-3-7-5-6-8(4-2)9-7;1-2-4-5-3-1;1-3-4-2;2*1-2-3;1-5(2,3)4;2-1-3;;;;;;6*1-2;;;;;;;/h4-6H2,1-3H3,(H2,12,14,15);7H,4-6H2,1-3H3;3-4H2,1-2H3,(H,11,12)(H2,10,13,14);5H,3-4H2,1-2H3,(H,10,11);5-6H,3-4H2,1-2H3;1-4H;1,3-4H2,2H3;2H2,1H3;3H,2H2,1H3;1H3;;2*1H3;;2*1H;;;;;;;4*1H;;;1H2/q;;;;;;-1;;;;;;;+1;;;;;;;;;;;;;2*+1;/p-2. The summed E-state index contributed by atoms with van der Waals surface area (Å²) in [5, 5.41) is 36.5. The van der Waals surface area contributed by atoms with Gasteiger partial charge in [-0.25, -0.2) is 54.7 Å². The van der Waals surface area contributed by atoms with Gasteiger partial charge in [0.1, 0.15) is 89.6 Å². The Kier molecular flexibility index (Phi) is 154. The Balaban J connectivity index is -0.0000000491. The Hall–Kier alpha value is -5.01. The molecule has 0 saturated heterocycles. The topological polar surface area (TPSA) is 445 Å². The molecule has 6 aromatic heterocycles. The van der Waals surface area contributed by atoms with Gasteiger partial charge in [-0.1, -0.05) is 117 Å². The van der Waals surface area contributed by atoms with Gasteiger partial charge in [-0.15, -0.1) is 12.4 Å². The number of aliphatic hydroxyl groups is 1. The van der Waals surface area contributed by atoms with Crippen molar-refractivity contribution in [3.8, 4) is 0 Å². The molecule has 0 unspecified atom stereocenters. The number of hydrogen-bond acceptors (Lipinski definition) is 22. The van der Waals surface area contributed by atoms with Crippen molar-refractivity contribution < 1.29 is 233 Å². The molecule has 682 valence electrons. The van der Waals surface area contributed by atoms with E-state index in [2.05, 4.69) is 70.3 Å². The van der Waals surface area contributed by atoms with E-state index in [-0.39, 0.29) is 156 Å². The van der Waals surface area contributed by atoms with E-state index in [1.807, 2.05) is 58.9 Å². The number of hydrogen-bond donors (Lipinski definition) is 5. The van der Waals surface area contributed by atoms with Crippen LogP contribution in [0.25, 0.3) is 0 Å². The number of alkyl halides is 1. The summed E-state index contributed by atoms with van der Waals surface area (Å²) >= 11 is 2.48. The van der Waals surface area contributed by atoms with E-state index in [9.17, 15) is 44.4 Å². The molecule has 0 aliphatic rings. The summed E-state index contributed by atoms with van der Waals surface area (Å²) in [5.74, 6) is 6.64. The molecule has 6 aromatic rings. The van der Waals surface area contributed by atoms with Crippen LogP contribution in [0.1, 0.15) is 216 Å². The Labute approximate surface area is 728 Å². The van der Waals surface area contributed by atoms with E-state index in [1.165, 1.54) is 6.42 Å². The van der Waals surface area contributed by atoms with E-state index in [0.29, 0.717) is 55.6 Å². The molecular weight excluding hydrogens is 1820 g/mol. The maximum absolute atomic E-state index is 11.8. The van der Waals surface area contributed by atoms with Crippen molar-refractivity contribution in [3.63, 3.8) is 0 Å². The number of aliphatic hydroxyl groups excluding tert-OH is 1. The summed E-state index contributed by atoms with van der Waals surface area (Å²) in [6.07, 6.45) is 12.9. The molecule has 26 nitrogen and oxygen atoms in total. The van der Waals surface area contributed by atoms with Gasteiger partial charge in [0.15, 0.2) is 0 Å². The molecule has 0 saturated carbocycles. The zero-order chi connectivity index (χ0) is 88.0. The predicted molar refractivity (Wildman–Crippen MR) is 409 cm³/mol. The second-order valence-electron chi connectivity index (χ2n) is 18.5. The second-order valence-corrected chi connectivity index (χ2v) is 30.3. The fraction of sp³-hybridized carbons (Fsp3) is 0.531. The number of carbonyl (C=O) groups is 4. The molecule has 6 heterocycles. The number of sulfonamides is 2. The number of carbonyl (C=O) groups excluding carboxylic acids is 4. The molecule has 0 aromatic carbocycles. The number of furan rings is 6. The van der Waals surface area contributed by atoms with Crippen LogP contribution in [0.2, 0.25) is 11.6 Å². The van der Waals surface area contributed by atoms with Gasteiger partial charge in [0.25, 0.3) is 0 Å². The number of halogens is 20. The maximum Gasteiger partial charge on any atom is 1.00 e. The third-order valence-electron chi connectivity index (χ3n) is 10.5. The van der Waals surface area contributed by atoms with Crippen molar-refractivity contribution >= 4 is 121 Å². The first-order chi connectivity index (χ1) is 50.8. The van der Waals surface area contributed by atoms with Crippen molar-refractivity contribution in [1.82, 2.24) is 0 Å². The summed E-state index contributed by atoms with van der Waals surface area (Å²) in [5.41, 5.74) is 0.459. The summed E-state index contributed by atoms with van der Waals surface area (Å²) < 4.78 is 202. The Morgan fingerprint density at radius 3 is 0.948 bits per heavy atom. The Bertz CT molecular complexity index is 3440. The molecule has 0 spiro atoms. The van der Waals surface area contributed by atoms with E-state index in [0.717, 1.165) is 72.5 Å². The third kappa shape index (κ3) is 88.3. The largest absolute Gasteiger partial charge is 1.00 e. The van der Waals surface area contributed by atoms with Gasteiger partial charge >= 0.3 is 91.7 Å². The average molecular weight is 1930 g/mol. The molecular formula is C64H109AlBrCl3F16LiN2NaO24S3. The van der Waals surface area contributed by atoms with Gasteiger partial charge < -0.3 is 63.7 Å². The van der Waals surface area contributed by atoms with Crippen LogP contribution in [0.3, 0.4) is 0 Å². The number of carboxylic acids is 2. The minimum atomic E-state index is -4.09. The van der Waals surface area contributed by atoms with Crippen LogP contribution in [0.15, 0.2) is 85.2 Å². The van der Waals surface area contributed by atoms with Gasteiger partial charge in [-0.2, -0.15) is 16.0 Å². The maximum atomic E-state index is 11.8. The zero-order valence-corrected chi connectivity index (χ0v) is 77.3. The van der Waals surface area contributed by atoms with Crippen molar-refractivity contribution in [2.45, 2.75) is 202 Å².